The molecule has 88 valence electrons. The first kappa shape index (κ1) is 13.0. The van der Waals surface area contributed by atoms with Crippen molar-refractivity contribution in [1.29, 1.82) is 0 Å². The number of rotatable bonds is 4. The number of methoxy groups -OCH3 is 1. The van der Waals surface area contributed by atoms with E-state index in [0.29, 0.717) is 4.34 Å². The Morgan fingerprint density at radius 1 is 1.56 bits per heavy atom. The van der Waals surface area contributed by atoms with Gasteiger partial charge in [0.2, 0.25) is 5.91 Å². The maximum atomic E-state index is 11.6. The molecule has 16 heavy (non-hydrogen) atoms. The van der Waals surface area contributed by atoms with E-state index in [1.807, 2.05) is 0 Å². The zero-order valence-corrected chi connectivity index (χ0v) is 10.5. The van der Waals surface area contributed by atoms with Gasteiger partial charge < -0.3 is 10.1 Å². The van der Waals surface area contributed by atoms with Gasteiger partial charge >= 0.3 is 5.97 Å². The van der Waals surface area contributed by atoms with Gasteiger partial charge in [-0.05, 0) is 19.1 Å². The van der Waals surface area contributed by atoms with Crippen molar-refractivity contribution >= 4 is 34.8 Å². The summed E-state index contributed by atoms with van der Waals surface area (Å²) in [7, 11) is 1.27. The molecule has 1 atom stereocenters. The highest BCUT2D eigenvalue weighted by Gasteiger charge is 2.17. The number of thiophene rings is 1. The second-order valence-corrected chi connectivity index (χ2v) is 4.90. The molecule has 1 N–H and O–H groups in total. The van der Waals surface area contributed by atoms with Crippen LogP contribution in [-0.2, 0) is 14.3 Å². The highest BCUT2D eigenvalue weighted by Crippen LogP contribution is 2.27. The SMILES string of the molecule is COC(=O)CNC(=O)[C@@H](C)c1ccc(Cl)s1. The number of esters is 1. The van der Waals surface area contributed by atoms with Crippen molar-refractivity contribution in [2.75, 3.05) is 13.7 Å². The Labute approximate surface area is 103 Å². The van der Waals surface area contributed by atoms with Crippen LogP contribution >= 0.6 is 22.9 Å². The summed E-state index contributed by atoms with van der Waals surface area (Å²) in [5.41, 5.74) is 0. The molecule has 1 amide bonds. The predicted octanol–water partition coefficient (Wildman–Crippen LogP) is 1.79. The number of hydrogen-bond acceptors (Lipinski definition) is 4. The van der Waals surface area contributed by atoms with Crippen molar-refractivity contribution in [2.45, 2.75) is 12.8 Å². The number of ether oxygens (including phenoxy) is 1. The Morgan fingerprint density at radius 2 is 2.25 bits per heavy atom. The molecule has 1 rings (SSSR count). The molecule has 1 heterocycles. The van der Waals surface area contributed by atoms with Crippen LogP contribution in [-0.4, -0.2) is 25.5 Å². The highest BCUT2D eigenvalue weighted by molar-refractivity contribution is 7.16. The fraction of sp³-hybridized carbons (Fsp3) is 0.400. The smallest absolute Gasteiger partial charge is 0.325 e. The molecule has 0 unspecified atom stereocenters. The van der Waals surface area contributed by atoms with Crippen LogP contribution in [0.5, 0.6) is 0 Å². The summed E-state index contributed by atoms with van der Waals surface area (Å²) in [5.74, 6) is -1.00. The van der Waals surface area contributed by atoms with Gasteiger partial charge in [0, 0.05) is 4.88 Å². The number of nitrogens with one attached hydrogen (secondary N) is 1. The van der Waals surface area contributed by atoms with E-state index in [0.717, 1.165) is 4.88 Å². The molecule has 0 spiro atoms. The third kappa shape index (κ3) is 3.50. The summed E-state index contributed by atoms with van der Waals surface area (Å²) < 4.78 is 5.06. The first-order valence-electron chi connectivity index (χ1n) is 4.64. The number of hydrogen-bond donors (Lipinski definition) is 1. The maximum absolute atomic E-state index is 11.6. The standard InChI is InChI=1S/C10H12ClNO3S/c1-6(7-3-4-8(11)16-7)10(14)12-5-9(13)15-2/h3-4,6H,5H2,1-2H3,(H,12,14)/t6-/m0/s1. The van der Waals surface area contributed by atoms with Gasteiger partial charge in [-0.15, -0.1) is 11.3 Å². The third-order valence-electron chi connectivity index (χ3n) is 2.05. The average Bonchev–Trinajstić information content (AvgIpc) is 2.71. The van der Waals surface area contributed by atoms with Crippen molar-refractivity contribution in [3.63, 3.8) is 0 Å². The molecule has 0 radical (unpaired) electrons. The summed E-state index contributed by atoms with van der Waals surface area (Å²) in [6.45, 7) is 1.65. The molecular weight excluding hydrogens is 250 g/mol. The summed E-state index contributed by atoms with van der Waals surface area (Å²) in [4.78, 5) is 23.3. The van der Waals surface area contributed by atoms with Crippen molar-refractivity contribution in [3.8, 4) is 0 Å². The van der Waals surface area contributed by atoms with Crippen LogP contribution in [0, 0.1) is 0 Å². The second kappa shape index (κ2) is 5.86. The van der Waals surface area contributed by atoms with Crippen LogP contribution in [0.2, 0.25) is 4.34 Å². The average molecular weight is 262 g/mol. The van der Waals surface area contributed by atoms with E-state index in [1.54, 1.807) is 19.1 Å². The molecule has 4 nitrogen and oxygen atoms in total. The number of amides is 1. The molecular formula is C10H12ClNO3S. The Hall–Kier alpha value is -1.07. The molecule has 0 fully saturated rings. The number of halogens is 1. The van der Waals surface area contributed by atoms with Crippen LogP contribution < -0.4 is 5.32 Å². The number of carbonyl (C=O) groups excluding carboxylic acids is 2. The molecule has 1 aromatic heterocycles. The lowest BCUT2D eigenvalue weighted by molar-refractivity contribution is -0.141. The Balaban J connectivity index is 2.51. The molecule has 6 heteroatoms. The van der Waals surface area contributed by atoms with E-state index >= 15 is 0 Å². The summed E-state index contributed by atoms with van der Waals surface area (Å²) in [6.07, 6.45) is 0. The van der Waals surface area contributed by atoms with E-state index in [1.165, 1.54) is 18.4 Å². The lowest BCUT2D eigenvalue weighted by Gasteiger charge is -2.09. The minimum absolute atomic E-state index is 0.112. The fourth-order valence-corrected chi connectivity index (χ4v) is 2.19. The topological polar surface area (TPSA) is 55.4 Å². The molecule has 0 aromatic carbocycles. The minimum Gasteiger partial charge on any atom is -0.468 e. The van der Waals surface area contributed by atoms with Gasteiger partial charge in [0.15, 0.2) is 0 Å². The van der Waals surface area contributed by atoms with Crippen LogP contribution in [0.1, 0.15) is 17.7 Å². The van der Waals surface area contributed by atoms with Gasteiger partial charge in [-0.25, -0.2) is 0 Å². The van der Waals surface area contributed by atoms with Crippen LogP contribution in [0.3, 0.4) is 0 Å². The second-order valence-electron chi connectivity index (χ2n) is 3.16. The Bertz CT molecular complexity index is 391. The molecule has 0 saturated carbocycles. The van der Waals surface area contributed by atoms with Crippen molar-refractivity contribution in [2.24, 2.45) is 0 Å². The zero-order valence-electron chi connectivity index (χ0n) is 8.95. The largest absolute Gasteiger partial charge is 0.468 e. The van der Waals surface area contributed by atoms with Crippen molar-refractivity contribution < 1.29 is 14.3 Å². The summed E-state index contributed by atoms with van der Waals surface area (Å²) >= 11 is 7.12. The minimum atomic E-state index is -0.468. The first-order chi connectivity index (χ1) is 7.54. The molecule has 1 aromatic rings. The quantitative estimate of drug-likeness (QED) is 0.841. The van der Waals surface area contributed by atoms with E-state index in [9.17, 15) is 9.59 Å². The van der Waals surface area contributed by atoms with Gasteiger partial charge in [0.1, 0.15) is 6.54 Å². The summed E-state index contributed by atoms with van der Waals surface area (Å²) in [5, 5.41) is 2.49. The summed E-state index contributed by atoms with van der Waals surface area (Å²) in [6, 6.07) is 3.54. The van der Waals surface area contributed by atoms with Gasteiger partial charge in [-0.3, -0.25) is 9.59 Å². The molecule has 0 saturated heterocycles. The van der Waals surface area contributed by atoms with Crippen LogP contribution in [0.4, 0.5) is 0 Å². The van der Waals surface area contributed by atoms with E-state index < -0.39 is 5.97 Å². The fourth-order valence-electron chi connectivity index (χ4n) is 1.07. The third-order valence-corrected chi connectivity index (χ3v) is 3.46. The maximum Gasteiger partial charge on any atom is 0.325 e. The number of carbonyl (C=O) groups is 2. The zero-order chi connectivity index (χ0) is 12.1. The molecule has 0 aliphatic heterocycles. The highest BCUT2D eigenvalue weighted by atomic mass is 35.5. The lowest BCUT2D eigenvalue weighted by atomic mass is 10.1. The normalized spacial score (nSPS) is 11.9. The predicted molar refractivity (Wildman–Crippen MR) is 62.8 cm³/mol. The molecule has 0 aliphatic carbocycles. The van der Waals surface area contributed by atoms with E-state index in [2.05, 4.69) is 10.1 Å². The van der Waals surface area contributed by atoms with Gasteiger partial charge in [-0.1, -0.05) is 11.6 Å². The molecule has 0 bridgehead atoms. The van der Waals surface area contributed by atoms with Gasteiger partial charge in [0.25, 0.3) is 0 Å². The van der Waals surface area contributed by atoms with E-state index in [4.69, 9.17) is 11.6 Å². The van der Waals surface area contributed by atoms with Crippen molar-refractivity contribution in [1.82, 2.24) is 5.32 Å². The molecule has 0 aliphatic rings. The van der Waals surface area contributed by atoms with E-state index in [-0.39, 0.29) is 18.4 Å². The Kier molecular flexibility index (Phi) is 4.76. The van der Waals surface area contributed by atoms with Gasteiger partial charge in [0.05, 0.1) is 17.4 Å². The van der Waals surface area contributed by atoms with Crippen LogP contribution in [0.15, 0.2) is 12.1 Å². The monoisotopic (exact) mass is 261 g/mol. The van der Waals surface area contributed by atoms with Crippen molar-refractivity contribution in [3.05, 3.63) is 21.3 Å². The first-order valence-corrected chi connectivity index (χ1v) is 5.83. The lowest BCUT2D eigenvalue weighted by Crippen LogP contribution is -2.32. The Morgan fingerprint density at radius 3 is 2.75 bits per heavy atom. The van der Waals surface area contributed by atoms with Gasteiger partial charge in [-0.2, -0.15) is 0 Å². The van der Waals surface area contributed by atoms with Crippen LogP contribution in [0.25, 0.3) is 0 Å².